The van der Waals surface area contributed by atoms with Gasteiger partial charge in [0.15, 0.2) is 0 Å². The molecular weight excluding hydrogens is 340 g/mol. The Morgan fingerprint density at radius 1 is 1.19 bits per heavy atom. The summed E-state index contributed by atoms with van der Waals surface area (Å²) in [5, 5.41) is 0. The van der Waals surface area contributed by atoms with Gasteiger partial charge in [0.1, 0.15) is 6.54 Å². The van der Waals surface area contributed by atoms with Gasteiger partial charge in [-0.25, -0.2) is 9.69 Å². The molecule has 0 saturated carbocycles. The van der Waals surface area contributed by atoms with E-state index in [2.05, 4.69) is 6.58 Å². The number of rotatable bonds is 6. The van der Waals surface area contributed by atoms with Gasteiger partial charge in [-0.15, -0.1) is 0 Å². The van der Waals surface area contributed by atoms with Crippen molar-refractivity contribution >= 4 is 29.7 Å². The lowest BCUT2D eigenvalue weighted by molar-refractivity contribution is -0.144. The second-order valence-electron chi connectivity index (χ2n) is 6.61. The number of nitrogens with zero attached hydrogens (tertiary/aromatic N) is 4. The molecule has 9 nitrogen and oxygen atoms in total. The fraction of sp³-hybridized carbons (Fsp3) is 0.588. The van der Waals surface area contributed by atoms with Crippen molar-refractivity contribution in [1.29, 1.82) is 0 Å². The molecule has 0 aliphatic carbocycles. The summed E-state index contributed by atoms with van der Waals surface area (Å²) in [5.41, 5.74) is 0. The van der Waals surface area contributed by atoms with Crippen LogP contribution in [0.3, 0.4) is 0 Å². The van der Waals surface area contributed by atoms with E-state index in [1.165, 1.54) is 13.1 Å². The third kappa shape index (κ3) is 4.09. The number of piperidine rings is 1. The number of likely N-dealkylation sites (N-methyl/N-ethyl adjacent to an activating group) is 2. The van der Waals surface area contributed by atoms with Crippen molar-refractivity contribution in [3.63, 3.8) is 0 Å². The molecule has 2 heterocycles. The fourth-order valence-electron chi connectivity index (χ4n) is 3.10. The highest BCUT2D eigenvalue weighted by atomic mass is 16.2. The number of carbonyl (C=O) groups is 5. The fourth-order valence-corrected chi connectivity index (χ4v) is 3.10. The van der Waals surface area contributed by atoms with Gasteiger partial charge < -0.3 is 9.80 Å². The Labute approximate surface area is 152 Å². The van der Waals surface area contributed by atoms with Crippen LogP contribution in [0.25, 0.3) is 0 Å². The monoisotopic (exact) mass is 364 g/mol. The van der Waals surface area contributed by atoms with Crippen LogP contribution in [0.2, 0.25) is 0 Å². The van der Waals surface area contributed by atoms with Crippen molar-refractivity contribution in [1.82, 2.24) is 19.6 Å². The Hall–Kier alpha value is -2.71. The van der Waals surface area contributed by atoms with Gasteiger partial charge in [-0.3, -0.25) is 24.1 Å². The summed E-state index contributed by atoms with van der Waals surface area (Å²) in [6.45, 7) is 4.74. The van der Waals surface area contributed by atoms with Crippen LogP contribution in [0.5, 0.6) is 0 Å². The Bertz CT molecular complexity index is 639. The molecule has 2 rings (SSSR count). The molecule has 2 aliphatic rings. The first-order valence-corrected chi connectivity index (χ1v) is 8.55. The molecule has 0 radical (unpaired) electrons. The van der Waals surface area contributed by atoms with Gasteiger partial charge >= 0.3 is 17.8 Å². The minimum absolute atomic E-state index is 0.114. The molecule has 0 spiro atoms. The van der Waals surface area contributed by atoms with E-state index in [-0.39, 0.29) is 11.8 Å². The average molecular weight is 364 g/mol. The van der Waals surface area contributed by atoms with E-state index in [0.717, 1.165) is 19.3 Å². The van der Waals surface area contributed by atoms with Crippen LogP contribution in [0.1, 0.15) is 19.3 Å². The molecule has 0 aromatic carbocycles. The third-order valence-electron chi connectivity index (χ3n) is 4.93. The van der Waals surface area contributed by atoms with E-state index in [4.69, 9.17) is 0 Å². The lowest BCUT2D eigenvalue weighted by Gasteiger charge is -2.33. The topological polar surface area (TPSA) is 98.3 Å². The first kappa shape index (κ1) is 19.6. The summed E-state index contributed by atoms with van der Waals surface area (Å²) in [7, 11) is 2.94. The van der Waals surface area contributed by atoms with Gasteiger partial charge in [0.25, 0.3) is 0 Å². The molecule has 0 unspecified atom stereocenters. The van der Waals surface area contributed by atoms with E-state index < -0.39 is 24.4 Å². The lowest BCUT2D eigenvalue weighted by atomic mass is 9.93. The summed E-state index contributed by atoms with van der Waals surface area (Å²) in [5.74, 6) is -1.93. The number of amides is 6. The number of likely N-dealkylation sites (tertiary alicyclic amines) is 1. The van der Waals surface area contributed by atoms with Crippen LogP contribution in [0, 0.1) is 5.92 Å². The molecule has 0 aromatic rings. The van der Waals surface area contributed by atoms with Crippen molar-refractivity contribution in [3.8, 4) is 0 Å². The zero-order valence-corrected chi connectivity index (χ0v) is 15.1. The predicted molar refractivity (Wildman–Crippen MR) is 91.6 cm³/mol. The summed E-state index contributed by atoms with van der Waals surface area (Å²) < 4.78 is 0. The second kappa shape index (κ2) is 8.11. The molecule has 0 bridgehead atoms. The molecule has 26 heavy (non-hydrogen) atoms. The van der Waals surface area contributed by atoms with Crippen LogP contribution >= 0.6 is 0 Å². The van der Waals surface area contributed by atoms with Crippen LogP contribution in [-0.4, -0.2) is 89.5 Å². The van der Waals surface area contributed by atoms with Crippen molar-refractivity contribution in [2.75, 3.05) is 40.3 Å². The number of carbonyl (C=O) groups excluding carboxylic acids is 5. The standard InChI is InChI=1S/C17H24N4O5/c1-4-13(22)18(2)8-5-12-6-9-20(10-7-12)14(23)11-21-16(25)15(24)19(3)17(21)26/h4,12H,1,5-11H2,2-3H3. The molecule has 0 N–H and O–H groups in total. The van der Waals surface area contributed by atoms with E-state index >= 15 is 0 Å². The van der Waals surface area contributed by atoms with Crippen LogP contribution in [-0.2, 0) is 19.2 Å². The van der Waals surface area contributed by atoms with Crippen molar-refractivity contribution in [2.24, 2.45) is 5.92 Å². The maximum atomic E-state index is 12.3. The van der Waals surface area contributed by atoms with E-state index in [9.17, 15) is 24.0 Å². The zero-order chi connectivity index (χ0) is 19.4. The summed E-state index contributed by atoms with van der Waals surface area (Å²) in [4.78, 5) is 63.5. The SMILES string of the molecule is C=CC(=O)N(C)CCC1CCN(C(=O)CN2C(=O)C(=O)N(C)C2=O)CC1. The zero-order valence-electron chi connectivity index (χ0n) is 15.1. The predicted octanol–water partition coefficient (Wildman–Crippen LogP) is -0.320. The molecule has 2 saturated heterocycles. The van der Waals surface area contributed by atoms with Crippen LogP contribution in [0.15, 0.2) is 12.7 Å². The van der Waals surface area contributed by atoms with E-state index in [1.807, 2.05) is 0 Å². The molecule has 0 atom stereocenters. The number of hydrogen-bond donors (Lipinski definition) is 0. The minimum atomic E-state index is -0.962. The highest BCUT2D eigenvalue weighted by Crippen LogP contribution is 2.21. The lowest BCUT2D eigenvalue weighted by Crippen LogP contribution is -2.46. The largest absolute Gasteiger partial charge is 0.342 e. The van der Waals surface area contributed by atoms with E-state index in [1.54, 1.807) is 16.8 Å². The van der Waals surface area contributed by atoms with Gasteiger partial charge in [0.05, 0.1) is 0 Å². The highest BCUT2D eigenvalue weighted by Gasteiger charge is 2.43. The molecule has 0 aromatic heterocycles. The van der Waals surface area contributed by atoms with Crippen molar-refractivity contribution in [3.05, 3.63) is 12.7 Å². The molecule has 142 valence electrons. The molecule has 2 fully saturated rings. The van der Waals surface area contributed by atoms with Gasteiger partial charge in [0, 0.05) is 33.7 Å². The molecular formula is C17H24N4O5. The van der Waals surface area contributed by atoms with Gasteiger partial charge in [-0.05, 0) is 31.3 Å². The number of urea groups is 1. The maximum absolute atomic E-state index is 12.3. The van der Waals surface area contributed by atoms with Gasteiger partial charge in [0.2, 0.25) is 11.8 Å². The molecule has 6 amide bonds. The number of hydrogen-bond acceptors (Lipinski definition) is 5. The Balaban J connectivity index is 1.79. The quantitative estimate of drug-likeness (QED) is 0.365. The average Bonchev–Trinajstić information content (AvgIpc) is 2.83. The first-order valence-electron chi connectivity index (χ1n) is 8.55. The second-order valence-corrected chi connectivity index (χ2v) is 6.61. The third-order valence-corrected chi connectivity index (χ3v) is 4.93. The molecule has 9 heteroatoms. The molecule has 2 aliphatic heterocycles. The van der Waals surface area contributed by atoms with Crippen LogP contribution < -0.4 is 0 Å². The maximum Gasteiger partial charge on any atom is 0.334 e. The minimum Gasteiger partial charge on any atom is -0.342 e. The Kier molecular flexibility index (Phi) is 6.12. The van der Waals surface area contributed by atoms with Gasteiger partial charge in [-0.2, -0.15) is 0 Å². The summed E-state index contributed by atoms with van der Waals surface area (Å²) in [6.07, 6.45) is 3.72. The number of imide groups is 2. The summed E-state index contributed by atoms with van der Waals surface area (Å²) in [6, 6.07) is -0.766. The van der Waals surface area contributed by atoms with Crippen molar-refractivity contribution < 1.29 is 24.0 Å². The first-order chi connectivity index (χ1) is 12.3. The Morgan fingerprint density at radius 3 is 2.31 bits per heavy atom. The van der Waals surface area contributed by atoms with E-state index in [0.29, 0.717) is 35.4 Å². The highest BCUT2D eigenvalue weighted by molar-refractivity contribution is 6.44. The van der Waals surface area contributed by atoms with Crippen LogP contribution in [0.4, 0.5) is 4.79 Å². The smallest absolute Gasteiger partial charge is 0.334 e. The van der Waals surface area contributed by atoms with Gasteiger partial charge in [-0.1, -0.05) is 6.58 Å². The summed E-state index contributed by atoms with van der Waals surface area (Å²) >= 11 is 0. The van der Waals surface area contributed by atoms with Crippen molar-refractivity contribution in [2.45, 2.75) is 19.3 Å². The normalized spacial score (nSPS) is 18.5. The Morgan fingerprint density at radius 2 is 1.81 bits per heavy atom.